The third-order valence-electron chi connectivity index (χ3n) is 6.58. The summed E-state index contributed by atoms with van der Waals surface area (Å²) in [6.45, 7) is 1.64. The monoisotopic (exact) mass is 414 g/mol. The lowest BCUT2D eigenvalue weighted by Crippen LogP contribution is -2.46. The molecule has 5 aliphatic rings. The molecule has 1 saturated heterocycles. The van der Waals surface area contributed by atoms with Crippen molar-refractivity contribution in [1.82, 2.24) is 4.90 Å². The first-order chi connectivity index (χ1) is 12.5. The number of hydrogen-bond acceptors (Lipinski definition) is 3. The summed E-state index contributed by atoms with van der Waals surface area (Å²) in [6.07, 6.45) is 5.41. The Morgan fingerprint density at radius 1 is 1.08 bits per heavy atom. The van der Waals surface area contributed by atoms with Gasteiger partial charge in [0.25, 0.3) is 0 Å². The minimum Gasteiger partial charge on any atom is -0.324 e. The molecule has 0 aromatic heterocycles. The van der Waals surface area contributed by atoms with Crippen LogP contribution in [0.5, 0.6) is 0 Å². The summed E-state index contributed by atoms with van der Waals surface area (Å²) in [7, 11) is 0. The predicted octanol–water partition coefficient (Wildman–Crippen LogP) is 2.83. The van der Waals surface area contributed by atoms with Crippen molar-refractivity contribution >= 4 is 39.3 Å². The quantitative estimate of drug-likeness (QED) is 0.610. The standard InChI is InChI=1S/C20H19BrN2O3/c1-9(18(24)22-11-4-2-10(21)3-5-11)23-19(25)16-12-6-7-13(15-8-14(12)15)17(16)20(23)26/h2-7,9,12-17H,8H2,1H3,(H,22,24)/t9-,12+,13+,14-,15+,16-,17+/m1/s1. The van der Waals surface area contributed by atoms with E-state index in [0.717, 1.165) is 10.9 Å². The van der Waals surface area contributed by atoms with Crippen molar-refractivity contribution in [2.24, 2.45) is 35.5 Å². The van der Waals surface area contributed by atoms with Gasteiger partial charge in [0, 0.05) is 10.2 Å². The van der Waals surface area contributed by atoms with Crippen molar-refractivity contribution in [2.45, 2.75) is 19.4 Å². The van der Waals surface area contributed by atoms with E-state index < -0.39 is 6.04 Å². The Labute approximate surface area is 159 Å². The third-order valence-corrected chi connectivity index (χ3v) is 7.10. The van der Waals surface area contributed by atoms with Gasteiger partial charge in [0.1, 0.15) is 6.04 Å². The SMILES string of the molecule is C[C@H](C(=O)Nc1ccc(Br)cc1)N1C(=O)[C@@H]2[C@H]3C=C[C@@H]([C@@H]4C[C@H]34)[C@@H]2C1=O. The van der Waals surface area contributed by atoms with Gasteiger partial charge >= 0.3 is 0 Å². The van der Waals surface area contributed by atoms with Crippen LogP contribution < -0.4 is 5.32 Å². The number of rotatable bonds is 3. The largest absolute Gasteiger partial charge is 0.324 e. The molecule has 3 amide bonds. The van der Waals surface area contributed by atoms with Crippen LogP contribution in [-0.4, -0.2) is 28.7 Å². The zero-order chi connectivity index (χ0) is 18.2. The van der Waals surface area contributed by atoms with Gasteiger partial charge in [0.15, 0.2) is 0 Å². The molecule has 7 atom stereocenters. The number of nitrogens with zero attached hydrogens (tertiary/aromatic N) is 1. The van der Waals surface area contributed by atoms with E-state index in [2.05, 4.69) is 33.4 Å². The molecule has 0 spiro atoms. The van der Waals surface area contributed by atoms with Crippen molar-refractivity contribution in [3.63, 3.8) is 0 Å². The molecule has 1 aliphatic heterocycles. The number of halogens is 1. The maximum Gasteiger partial charge on any atom is 0.247 e. The van der Waals surface area contributed by atoms with Gasteiger partial charge in [-0.2, -0.15) is 0 Å². The second-order valence-electron chi connectivity index (χ2n) is 7.87. The number of carbonyl (C=O) groups excluding carboxylic acids is 3. The van der Waals surface area contributed by atoms with E-state index in [4.69, 9.17) is 0 Å². The molecular weight excluding hydrogens is 396 g/mol. The van der Waals surface area contributed by atoms with Gasteiger partial charge in [-0.25, -0.2) is 0 Å². The summed E-state index contributed by atoms with van der Waals surface area (Å²) < 4.78 is 0.916. The first kappa shape index (κ1) is 16.2. The smallest absolute Gasteiger partial charge is 0.247 e. The highest BCUT2D eigenvalue weighted by Gasteiger charge is 2.67. The van der Waals surface area contributed by atoms with Crippen LogP contribution in [0.25, 0.3) is 0 Å². The molecule has 26 heavy (non-hydrogen) atoms. The molecule has 1 aromatic carbocycles. The average Bonchev–Trinajstić information content (AvgIpc) is 3.41. The Bertz CT molecular complexity index is 813. The maximum absolute atomic E-state index is 13.0. The number of nitrogens with one attached hydrogen (secondary N) is 1. The van der Waals surface area contributed by atoms with Crippen molar-refractivity contribution < 1.29 is 14.4 Å². The summed E-state index contributed by atoms with van der Waals surface area (Å²) in [5.74, 6) is 0.305. The third kappa shape index (κ3) is 2.17. The van der Waals surface area contributed by atoms with E-state index in [1.54, 1.807) is 19.1 Å². The number of carbonyl (C=O) groups is 3. The number of amides is 3. The maximum atomic E-state index is 13.0. The molecule has 4 aliphatic carbocycles. The number of likely N-dealkylation sites (tertiary alicyclic amines) is 1. The van der Waals surface area contributed by atoms with Gasteiger partial charge < -0.3 is 5.32 Å². The van der Waals surface area contributed by atoms with Gasteiger partial charge in [-0.05, 0) is 61.3 Å². The fourth-order valence-electron chi connectivity index (χ4n) is 5.26. The van der Waals surface area contributed by atoms with Crippen molar-refractivity contribution in [2.75, 3.05) is 5.32 Å². The minimum atomic E-state index is -0.806. The van der Waals surface area contributed by atoms with Crippen LogP contribution in [0.3, 0.4) is 0 Å². The highest BCUT2D eigenvalue weighted by molar-refractivity contribution is 9.10. The normalized spacial score (nSPS) is 37.4. The lowest BCUT2D eigenvalue weighted by atomic mass is 9.63. The van der Waals surface area contributed by atoms with Crippen LogP contribution in [0.15, 0.2) is 40.9 Å². The first-order valence-corrected chi connectivity index (χ1v) is 9.88. The summed E-state index contributed by atoms with van der Waals surface area (Å²) in [5.41, 5.74) is 0.643. The summed E-state index contributed by atoms with van der Waals surface area (Å²) in [6, 6.07) is 6.41. The van der Waals surface area contributed by atoms with Gasteiger partial charge in [-0.3, -0.25) is 19.3 Å². The van der Waals surface area contributed by atoms with Crippen molar-refractivity contribution in [1.29, 1.82) is 0 Å². The van der Waals surface area contributed by atoms with E-state index in [9.17, 15) is 14.4 Å². The van der Waals surface area contributed by atoms with E-state index >= 15 is 0 Å². The van der Waals surface area contributed by atoms with Crippen LogP contribution in [0.1, 0.15) is 13.3 Å². The molecule has 5 nitrogen and oxygen atoms in total. The molecule has 134 valence electrons. The van der Waals surface area contributed by atoms with E-state index in [1.807, 2.05) is 12.1 Å². The predicted molar refractivity (Wildman–Crippen MR) is 98.8 cm³/mol. The molecule has 1 aromatic rings. The fraction of sp³-hybridized carbons (Fsp3) is 0.450. The van der Waals surface area contributed by atoms with Crippen LogP contribution in [0.4, 0.5) is 5.69 Å². The van der Waals surface area contributed by atoms with E-state index in [0.29, 0.717) is 17.5 Å². The molecule has 6 heteroatoms. The average molecular weight is 415 g/mol. The molecule has 0 radical (unpaired) electrons. The molecule has 1 heterocycles. The topological polar surface area (TPSA) is 66.5 Å². The number of allylic oxidation sites excluding steroid dienone is 2. The Balaban J connectivity index is 1.37. The van der Waals surface area contributed by atoms with E-state index in [1.165, 1.54) is 4.90 Å². The van der Waals surface area contributed by atoms with Crippen LogP contribution in [-0.2, 0) is 14.4 Å². The second kappa shape index (κ2) is 5.52. The molecule has 2 bridgehead atoms. The summed E-state index contributed by atoms with van der Waals surface area (Å²) >= 11 is 3.35. The highest BCUT2D eigenvalue weighted by atomic mass is 79.9. The molecule has 6 rings (SSSR count). The molecule has 2 saturated carbocycles. The molecule has 3 fully saturated rings. The lowest BCUT2D eigenvalue weighted by molar-refractivity contribution is -0.146. The Hall–Kier alpha value is -1.95. The van der Waals surface area contributed by atoms with Crippen molar-refractivity contribution in [3.05, 3.63) is 40.9 Å². The number of benzene rings is 1. The van der Waals surface area contributed by atoms with E-state index in [-0.39, 0.29) is 41.4 Å². The molecule has 0 unspecified atom stereocenters. The zero-order valence-electron chi connectivity index (χ0n) is 14.3. The number of imide groups is 1. The number of hydrogen-bond donors (Lipinski definition) is 1. The van der Waals surface area contributed by atoms with Crippen LogP contribution >= 0.6 is 15.9 Å². The first-order valence-electron chi connectivity index (χ1n) is 9.09. The second-order valence-corrected chi connectivity index (χ2v) is 8.79. The van der Waals surface area contributed by atoms with Gasteiger partial charge in [0.05, 0.1) is 11.8 Å². The Kier molecular flexibility index (Phi) is 3.45. The fourth-order valence-corrected chi connectivity index (χ4v) is 5.52. The van der Waals surface area contributed by atoms with Gasteiger partial charge in [-0.1, -0.05) is 28.1 Å². The van der Waals surface area contributed by atoms with Gasteiger partial charge in [-0.15, -0.1) is 0 Å². The highest BCUT2D eigenvalue weighted by Crippen LogP contribution is 2.65. The summed E-state index contributed by atoms with van der Waals surface area (Å²) in [4.78, 5) is 39.9. The molecular formula is C20H19BrN2O3. The number of anilines is 1. The van der Waals surface area contributed by atoms with Crippen LogP contribution in [0.2, 0.25) is 0 Å². The van der Waals surface area contributed by atoms with Gasteiger partial charge in [0.2, 0.25) is 17.7 Å². The molecule has 1 N–H and O–H groups in total. The zero-order valence-corrected chi connectivity index (χ0v) is 15.8. The van der Waals surface area contributed by atoms with Crippen LogP contribution in [0, 0.1) is 35.5 Å². The Morgan fingerprint density at radius 3 is 2.15 bits per heavy atom. The Morgan fingerprint density at radius 2 is 1.62 bits per heavy atom. The lowest BCUT2D eigenvalue weighted by Gasteiger charge is -2.37. The summed E-state index contributed by atoms with van der Waals surface area (Å²) in [5, 5.41) is 2.80. The minimum absolute atomic E-state index is 0.164. The van der Waals surface area contributed by atoms with Crippen molar-refractivity contribution in [3.8, 4) is 0 Å².